The molecule has 4 aliphatic rings. The molecule has 3 amide bonds. The lowest BCUT2D eigenvalue weighted by Crippen LogP contribution is -2.47. The quantitative estimate of drug-likeness (QED) is 0.391. The van der Waals surface area contributed by atoms with E-state index in [2.05, 4.69) is 16.0 Å². The highest BCUT2D eigenvalue weighted by molar-refractivity contribution is 5.81. The van der Waals surface area contributed by atoms with E-state index in [9.17, 15) is 27.6 Å². The fourth-order valence-electron chi connectivity index (χ4n) is 2.85. The number of carbonyl (C=O) groups is 4. The summed E-state index contributed by atoms with van der Waals surface area (Å²) in [5.41, 5.74) is 5.00. The van der Waals surface area contributed by atoms with Crippen molar-refractivity contribution < 1.29 is 37.1 Å². The zero-order chi connectivity index (χ0) is 26.5. The molecular weight excluding hydrogens is 469 g/mol. The zero-order valence-electron chi connectivity index (χ0n) is 20.6. The largest absolute Gasteiger partial charge is 0.446 e. The number of hydrogen-bond donors (Lipinski definition) is 4. The van der Waals surface area contributed by atoms with Crippen LogP contribution in [0.15, 0.2) is 0 Å². The molecule has 35 heavy (non-hydrogen) atoms. The molecule has 0 aromatic carbocycles. The van der Waals surface area contributed by atoms with Crippen molar-refractivity contribution in [3.63, 3.8) is 0 Å². The number of nitrogens with two attached hydrogens (primary N) is 1. The summed E-state index contributed by atoms with van der Waals surface area (Å²) in [6.45, 7) is 6.70. The molecular formula is C23H37F3N4O5. The number of alkyl carbamates (subject to hydrolysis) is 1. The minimum absolute atomic E-state index is 0.0372. The van der Waals surface area contributed by atoms with E-state index in [0.717, 1.165) is 51.4 Å². The highest BCUT2D eigenvalue weighted by Gasteiger charge is 2.46. The summed E-state index contributed by atoms with van der Waals surface area (Å²) in [5, 5.41) is 8.65. The molecule has 0 unspecified atom stereocenters. The Balaban J connectivity index is 0.000000215. The van der Waals surface area contributed by atoms with Gasteiger partial charge in [0, 0.05) is 30.5 Å². The second-order valence-electron chi connectivity index (χ2n) is 10.9. The van der Waals surface area contributed by atoms with Crippen LogP contribution in [0.3, 0.4) is 0 Å². The second-order valence-corrected chi connectivity index (χ2v) is 10.9. The van der Waals surface area contributed by atoms with E-state index in [1.165, 1.54) is 0 Å². The molecule has 0 aromatic rings. The molecule has 12 heteroatoms. The molecule has 5 N–H and O–H groups in total. The Morgan fingerprint density at radius 2 is 1.34 bits per heavy atom. The molecule has 0 spiro atoms. The fraction of sp³-hybridized carbons (Fsp3) is 0.826. The van der Waals surface area contributed by atoms with Gasteiger partial charge >= 0.3 is 12.3 Å². The van der Waals surface area contributed by atoms with Gasteiger partial charge in [-0.1, -0.05) is 0 Å². The molecule has 0 radical (unpaired) electrons. The number of hydrogen-bond acceptors (Lipinski definition) is 6. The van der Waals surface area contributed by atoms with Crippen LogP contribution in [-0.4, -0.2) is 60.1 Å². The third-order valence-corrected chi connectivity index (χ3v) is 5.76. The second kappa shape index (κ2) is 11.1. The van der Waals surface area contributed by atoms with E-state index in [-0.39, 0.29) is 28.8 Å². The minimum atomic E-state index is -4.64. The first-order chi connectivity index (χ1) is 16.1. The number of rotatable bonds is 7. The maximum atomic E-state index is 11.7. The summed E-state index contributed by atoms with van der Waals surface area (Å²) in [4.78, 5) is 43.0. The standard InChI is InChI=1S/C13H22N2O3.C8H14N2O.C2HF3O/c1-12(2,3)18-11(17)15-13(6-7-13)8-14-10(16)9-4-5-9;9-8(3-4-8)5-10-7(11)6-1-2-6;3-2(4,5)1-6/h9H,4-8H2,1-3H3,(H,14,16)(H,15,17);6H,1-5,9H2,(H,10,11);1H. The summed E-state index contributed by atoms with van der Waals surface area (Å²) in [5.74, 6) is 0.855. The SMILES string of the molecule is CC(C)(C)OC(=O)NC1(CNC(=O)C2CC2)CC1.NC1(CNC(=O)C2CC2)CC1.O=CC(F)(F)F. The van der Waals surface area contributed by atoms with Crippen molar-refractivity contribution >= 4 is 24.2 Å². The number of nitrogens with one attached hydrogen (secondary N) is 3. The molecule has 0 aliphatic heterocycles. The molecule has 200 valence electrons. The summed E-state index contributed by atoms with van der Waals surface area (Å²) < 4.78 is 36.5. The van der Waals surface area contributed by atoms with Gasteiger partial charge in [-0.3, -0.25) is 14.4 Å². The predicted molar refractivity (Wildman–Crippen MR) is 121 cm³/mol. The lowest BCUT2D eigenvalue weighted by Gasteiger charge is -2.23. The van der Waals surface area contributed by atoms with Crippen LogP contribution >= 0.6 is 0 Å². The number of ether oxygens (including phenoxy) is 1. The van der Waals surface area contributed by atoms with Gasteiger partial charge in [0.1, 0.15) is 5.60 Å². The van der Waals surface area contributed by atoms with Crippen LogP contribution in [0.2, 0.25) is 0 Å². The van der Waals surface area contributed by atoms with Crippen molar-refractivity contribution in [2.75, 3.05) is 13.1 Å². The first-order valence-corrected chi connectivity index (χ1v) is 11.9. The van der Waals surface area contributed by atoms with Gasteiger partial charge in [0.05, 0.1) is 5.54 Å². The highest BCUT2D eigenvalue weighted by atomic mass is 19.4. The Kier molecular flexibility index (Phi) is 9.18. The lowest BCUT2D eigenvalue weighted by atomic mass is 10.2. The van der Waals surface area contributed by atoms with Crippen molar-refractivity contribution in [2.24, 2.45) is 17.6 Å². The van der Waals surface area contributed by atoms with Gasteiger partial charge in [-0.2, -0.15) is 13.2 Å². The van der Waals surface area contributed by atoms with Gasteiger partial charge in [0.2, 0.25) is 18.1 Å². The summed E-state index contributed by atoms with van der Waals surface area (Å²) in [7, 11) is 0. The monoisotopic (exact) mass is 506 g/mol. The molecule has 4 fully saturated rings. The van der Waals surface area contributed by atoms with Gasteiger partial charge in [-0.25, -0.2) is 4.79 Å². The van der Waals surface area contributed by atoms with Crippen LogP contribution in [0.5, 0.6) is 0 Å². The molecule has 4 aliphatic carbocycles. The van der Waals surface area contributed by atoms with Gasteiger partial charge in [-0.15, -0.1) is 0 Å². The van der Waals surface area contributed by atoms with Gasteiger partial charge in [0.25, 0.3) is 0 Å². The fourth-order valence-corrected chi connectivity index (χ4v) is 2.85. The van der Waals surface area contributed by atoms with E-state index >= 15 is 0 Å². The average molecular weight is 507 g/mol. The Morgan fingerprint density at radius 1 is 0.914 bits per heavy atom. The lowest BCUT2D eigenvalue weighted by molar-refractivity contribution is -0.156. The van der Waals surface area contributed by atoms with Crippen LogP contribution < -0.4 is 21.7 Å². The van der Waals surface area contributed by atoms with Crippen LogP contribution in [0.4, 0.5) is 18.0 Å². The number of alkyl halides is 3. The van der Waals surface area contributed by atoms with E-state index in [0.29, 0.717) is 19.0 Å². The molecule has 9 nitrogen and oxygen atoms in total. The number of carbonyl (C=O) groups excluding carboxylic acids is 4. The molecule has 0 bridgehead atoms. The highest BCUT2D eigenvalue weighted by Crippen LogP contribution is 2.36. The van der Waals surface area contributed by atoms with Crippen LogP contribution in [0.1, 0.15) is 72.1 Å². The van der Waals surface area contributed by atoms with Crippen molar-refractivity contribution in [2.45, 2.75) is 95.0 Å². The Hall–Kier alpha value is -2.37. The van der Waals surface area contributed by atoms with Crippen molar-refractivity contribution in [1.29, 1.82) is 0 Å². The van der Waals surface area contributed by atoms with Crippen LogP contribution in [0.25, 0.3) is 0 Å². The third kappa shape index (κ3) is 12.8. The summed E-state index contributed by atoms with van der Waals surface area (Å²) in [6.07, 6.45) is 1.97. The van der Waals surface area contributed by atoms with Gasteiger partial charge in [0.15, 0.2) is 0 Å². The van der Waals surface area contributed by atoms with E-state index < -0.39 is 24.2 Å². The summed E-state index contributed by atoms with van der Waals surface area (Å²) in [6, 6.07) is 0. The molecule has 0 saturated heterocycles. The number of aldehydes is 1. The maximum Gasteiger partial charge on any atom is 0.446 e. The average Bonchev–Trinajstić information content (AvgIpc) is 3.59. The first-order valence-electron chi connectivity index (χ1n) is 11.9. The van der Waals surface area contributed by atoms with Crippen molar-refractivity contribution in [1.82, 2.24) is 16.0 Å². The van der Waals surface area contributed by atoms with E-state index in [1.54, 1.807) is 0 Å². The van der Waals surface area contributed by atoms with Crippen molar-refractivity contribution in [3.8, 4) is 0 Å². The van der Waals surface area contributed by atoms with Crippen molar-refractivity contribution in [3.05, 3.63) is 0 Å². The molecule has 0 atom stereocenters. The number of amides is 3. The Bertz CT molecular complexity index is 781. The number of halogens is 3. The third-order valence-electron chi connectivity index (χ3n) is 5.76. The van der Waals surface area contributed by atoms with E-state index in [4.69, 9.17) is 15.3 Å². The van der Waals surface area contributed by atoms with Gasteiger partial charge < -0.3 is 26.4 Å². The van der Waals surface area contributed by atoms with Gasteiger partial charge in [-0.05, 0) is 72.1 Å². The predicted octanol–water partition coefficient (Wildman–Crippen LogP) is 2.32. The van der Waals surface area contributed by atoms with E-state index in [1.807, 2.05) is 20.8 Å². The minimum Gasteiger partial charge on any atom is -0.444 e. The van der Waals surface area contributed by atoms with Crippen LogP contribution in [-0.2, 0) is 19.1 Å². The zero-order valence-corrected chi connectivity index (χ0v) is 20.6. The molecule has 0 heterocycles. The summed E-state index contributed by atoms with van der Waals surface area (Å²) >= 11 is 0. The molecule has 4 rings (SSSR count). The maximum absolute atomic E-state index is 11.7. The first kappa shape index (κ1) is 28.9. The topological polar surface area (TPSA) is 140 Å². The molecule has 0 aromatic heterocycles. The Labute approximate surface area is 203 Å². The normalized spacial score (nSPS) is 21.0. The Morgan fingerprint density at radius 3 is 1.66 bits per heavy atom. The van der Waals surface area contributed by atoms with Crippen LogP contribution in [0, 0.1) is 11.8 Å². The molecule has 4 saturated carbocycles. The smallest absolute Gasteiger partial charge is 0.444 e.